The zero-order valence-corrected chi connectivity index (χ0v) is 15.2. The van der Waals surface area contributed by atoms with Crippen molar-refractivity contribution < 1.29 is 13.5 Å². The highest BCUT2D eigenvalue weighted by molar-refractivity contribution is 9.11. The maximum atomic E-state index is 12.4. The number of hydrogen-bond donors (Lipinski definition) is 2. The highest BCUT2D eigenvalue weighted by atomic mass is 79.9. The van der Waals surface area contributed by atoms with Crippen LogP contribution in [-0.2, 0) is 10.0 Å². The molecule has 0 unspecified atom stereocenters. The Bertz CT molecular complexity index is 807. The Kier molecular flexibility index (Phi) is 4.60. The van der Waals surface area contributed by atoms with Gasteiger partial charge in [-0.15, -0.1) is 0 Å². The van der Waals surface area contributed by atoms with E-state index in [2.05, 4.69) is 41.6 Å². The Morgan fingerprint density at radius 1 is 1.14 bits per heavy atom. The van der Waals surface area contributed by atoms with Gasteiger partial charge in [-0.25, -0.2) is 13.4 Å². The number of aromatic nitrogens is 1. The van der Waals surface area contributed by atoms with E-state index in [1.165, 1.54) is 12.1 Å². The molecule has 8 heteroatoms. The van der Waals surface area contributed by atoms with Crippen LogP contribution in [0.4, 0.5) is 5.82 Å². The zero-order valence-electron chi connectivity index (χ0n) is 11.2. The van der Waals surface area contributed by atoms with Crippen molar-refractivity contribution in [3.8, 4) is 5.75 Å². The van der Waals surface area contributed by atoms with E-state index >= 15 is 0 Å². The summed E-state index contributed by atoms with van der Waals surface area (Å²) in [5.41, 5.74) is 1.49. The van der Waals surface area contributed by atoms with Crippen LogP contribution in [-0.4, -0.2) is 18.5 Å². The van der Waals surface area contributed by atoms with Crippen LogP contribution in [0.5, 0.6) is 5.75 Å². The lowest BCUT2D eigenvalue weighted by Gasteiger charge is -2.12. The average Bonchev–Trinajstić information content (AvgIpc) is 2.37. The predicted octanol–water partition coefficient (Wildman–Crippen LogP) is 3.73. The van der Waals surface area contributed by atoms with Crippen molar-refractivity contribution in [2.75, 3.05) is 4.72 Å². The summed E-state index contributed by atoms with van der Waals surface area (Å²) in [6.45, 7) is 3.56. The first-order chi connectivity index (χ1) is 9.70. The molecule has 21 heavy (non-hydrogen) atoms. The Morgan fingerprint density at radius 3 is 2.48 bits per heavy atom. The SMILES string of the molecule is Cc1ccc(O)c(NS(=O)(=O)c2cc(Br)c(C)cc2Br)n1. The summed E-state index contributed by atoms with van der Waals surface area (Å²) in [5.74, 6) is -0.329. The number of halogens is 2. The van der Waals surface area contributed by atoms with Crippen molar-refractivity contribution >= 4 is 47.7 Å². The first-order valence-corrected chi connectivity index (χ1v) is 8.92. The molecule has 0 aliphatic carbocycles. The van der Waals surface area contributed by atoms with Crippen LogP contribution in [0.15, 0.2) is 38.1 Å². The molecule has 1 aromatic heterocycles. The summed E-state index contributed by atoms with van der Waals surface area (Å²) >= 11 is 6.55. The van der Waals surface area contributed by atoms with Gasteiger partial charge in [0.1, 0.15) is 4.90 Å². The molecule has 0 bridgehead atoms. The van der Waals surface area contributed by atoms with E-state index < -0.39 is 10.0 Å². The van der Waals surface area contributed by atoms with E-state index in [0.29, 0.717) is 14.6 Å². The number of anilines is 1. The third-order valence-corrected chi connectivity index (χ3v) is 5.90. The number of nitrogens with zero attached hydrogens (tertiary/aromatic N) is 1. The molecule has 2 rings (SSSR count). The van der Waals surface area contributed by atoms with Crippen molar-refractivity contribution in [1.82, 2.24) is 4.98 Å². The minimum absolute atomic E-state index is 0.0580. The molecule has 0 amide bonds. The van der Waals surface area contributed by atoms with Gasteiger partial charge in [-0.2, -0.15) is 0 Å². The summed E-state index contributed by atoms with van der Waals surface area (Å²) in [5, 5.41) is 9.70. The Balaban J connectivity index is 2.48. The summed E-state index contributed by atoms with van der Waals surface area (Å²) in [6, 6.07) is 6.17. The first-order valence-electron chi connectivity index (χ1n) is 5.86. The van der Waals surface area contributed by atoms with E-state index in [4.69, 9.17) is 0 Å². The molecule has 2 N–H and O–H groups in total. The molecular formula is C13H12Br2N2O3S. The maximum Gasteiger partial charge on any atom is 0.264 e. The Hall–Kier alpha value is -1.12. The molecule has 2 aromatic rings. The number of rotatable bonds is 3. The lowest BCUT2D eigenvalue weighted by atomic mass is 10.2. The normalized spacial score (nSPS) is 11.4. The standard InChI is InChI=1S/C13H12Br2N2O3S/c1-7-5-10(15)12(6-9(7)14)21(19,20)17-13-11(18)4-3-8(2)16-13/h3-6,18H,1-2H3,(H,16,17). The molecular weight excluding hydrogens is 424 g/mol. The largest absolute Gasteiger partial charge is 0.504 e. The van der Waals surface area contributed by atoms with Crippen molar-refractivity contribution in [3.63, 3.8) is 0 Å². The van der Waals surface area contributed by atoms with Crippen LogP contribution >= 0.6 is 31.9 Å². The maximum absolute atomic E-state index is 12.4. The van der Waals surface area contributed by atoms with Gasteiger partial charge in [0.2, 0.25) is 0 Å². The van der Waals surface area contributed by atoms with Gasteiger partial charge in [0.25, 0.3) is 10.0 Å². The molecule has 1 heterocycles. The first kappa shape index (κ1) is 16.3. The number of benzene rings is 1. The monoisotopic (exact) mass is 434 g/mol. The fourth-order valence-corrected chi connectivity index (χ4v) is 4.34. The number of hydrogen-bond acceptors (Lipinski definition) is 4. The van der Waals surface area contributed by atoms with Crippen LogP contribution in [0.25, 0.3) is 0 Å². The molecule has 0 aliphatic heterocycles. The van der Waals surface area contributed by atoms with Gasteiger partial charge in [-0.05, 0) is 59.6 Å². The van der Waals surface area contributed by atoms with Crippen molar-refractivity contribution in [1.29, 1.82) is 0 Å². The van der Waals surface area contributed by atoms with E-state index in [0.717, 1.165) is 5.56 Å². The topological polar surface area (TPSA) is 79.3 Å². The smallest absolute Gasteiger partial charge is 0.264 e. The quantitative estimate of drug-likeness (QED) is 0.769. The second-order valence-electron chi connectivity index (χ2n) is 4.46. The summed E-state index contributed by atoms with van der Waals surface area (Å²) < 4.78 is 28.3. The fraction of sp³-hybridized carbons (Fsp3) is 0.154. The third kappa shape index (κ3) is 3.56. The fourth-order valence-electron chi connectivity index (χ4n) is 1.64. The minimum atomic E-state index is -3.87. The van der Waals surface area contributed by atoms with Crippen LogP contribution in [0.2, 0.25) is 0 Å². The van der Waals surface area contributed by atoms with Gasteiger partial charge >= 0.3 is 0 Å². The van der Waals surface area contributed by atoms with Crippen LogP contribution in [0, 0.1) is 13.8 Å². The molecule has 0 atom stereocenters. The molecule has 0 fully saturated rings. The predicted molar refractivity (Wildman–Crippen MR) is 88.0 cm³/mol. The number of aryl methyl sites for hydroxylation is 2. The van der Waals surface area contributed by atoms with Gasteiger partial charge in [-0.1, -0.05) is 15.9 Å². The molecule has 0 saturated heterocycles. The number of nitrogens with one attached hydrogen (secondary N) is 1. The second kappa shape index (κ2) is 5.94. The van der Waals surface area contributed by atoms with E-state index in [1.807, 2.05) is 6.92 Å². The molecule has 112 valence electrons. The number of aromatic hydroxyl groups is 1. The summed E-state index contributed by atoms with van der Waals surface area (Å²) in [7, 11) is -3.87. The van der Waals surface area contributed by atoms with E-state index in [1.54, 1.807) is 19.1 Å². The van der Waals surface area contributed by atoms with E-state index in [-0.39, 0.29) is 16.5 Å². The lowest BCUT2D eigenvalue weighted by molar-refractivity contribution is 0.475. The van der Waals surface area contributed by atoms with E-state index in [9.17, 15) is 13.5 Å². The highest BCUT2D eigenvalue weighted by Gasteiger charge is 2.21. The van der Waals surface area contributed by atoms with Gasteiger partial charge in [-0.3, -0.25) is 4.72 Å². The van der Waals surface area contributed by atoms with Gasteiger partial charge < -0.3 is 5.11 Å². The van der Waals surface area contributed by atoms with Crippen molar-refractivity contribution in [3.05, 3.63) is 44.5 Å². The molecule has 0 aliphatic rings. The molecule has 5 nitrogen and oxygen atoms in total. The van der Waals surface area contributed by atoms with Crippen molar-refractivity contribution in [2.45, 2.75) is 18.7 Å². The summed E-state index contributed by atoms with van der Waals surface area (Å²) in [6.07, 6.45) is 0. The van der Waals surface area contributed by atoms with Crippen molar-refractivity contribution in [2.24, 2.45) is 0 Å². The van der Waals surface area contributed by atoms with Crippen LogP contribution in [0.1, 0.15) is 11.3 Å². The highest BCUT2D eigenvalue weighted by Crippen LogP contribution is 2.31. The van der Waals surface area contributed by atoms with Gasteiger partial charge in [0.15, 0.2) is 11.6 Å². The Labute approximate surface area is 139 Å². The molecule has 0 spiro atoms. The average molecular weight is 436 g/mol. The third-order valence-electron chi connectivity index (χ3n) is 2.75. The lowest BCUT2D eigenvalue weighted by Crippen LogP contribution is -2.15. The second-order valence-corrected chi connectivity index (χ2v) is 7.82. The molecule has 0 saturated carbocycles. The van der Waals surface area contributed by atoms with Gasteiger partial charge in [0, 0.05) is 14.6 Å². The summed E-state index contributed by atoms with van der Waals surface area (Å²) in [4.78, 5) is 4.04. The molecule has 1 aromatic carbocycles. The zero-order chi connectivity index (χ0) is 15.8. The van der Waals surface area contributed by atoms with Crippen LogP contribution < -0.4 is 4.72 Å². The van der Waals surface area contributed by atoms with Crippen LogP contribution in [0.3, 0.4) is 0 Å². The number of sulfonamides is 1. The number of pyridine rings is 1. The minimum Gasteiger partial charge on any atom is -0.504 e. The van der Waals surface area contributed by atoms with Gasteiger partial charge in [0.05, 0.1) is 0 Å². The Morgan fingerprint density at radius 2 is 1.81 bits per heavy atom. The molecule has 0 radical (unpaired) electrons.